The van der Waals surface area contributed by atoms with Gasteiger partial charge in [0.15, 0.2) is 0 Å². The second-order valence-electron chi connectivity index (χ2n) is 9.15. The van der Waals surface area contributed by atoms with Gasteiger partial charge in [0.2, 0.25) is 5.91 Å². The molecule has 0 aromatic heterocycles. The number of rotatable bonds is 11. The first-order valence-electron chi connectivity index (χ1n) is 11.5. The topological polar surface area (TPSA) is 90.7 Å². The summed E-state index contributed by atoms with van der Waals surface area (Å²) < 4.78 is 11.0. The van der Waals surface area contributed by atoms with Crippen molar-refractivity contribution >= 4 is 11.9 Å². The summed E-state index contributed by atoms with van der Waals surface area (Å²) in [6.07, 6.45) is 4.12. The van der Waals surface area contributed by atoms with E-state index in [9.17, 15) is 9.59 Å². The molecule has 0 saturated carbocycles. The average molecular weight is 433 g/mol. The molecule has 0 radical (unpaired) electrons. The normalized spacial score (nSPS) is 20.9. The molecule has 1 aromatic rings. The Kier molecular flexibility index (Phi) is 9.07. The summed E-state index contributed by atoms with van der Waals surface area (Å²) in [6, 6.07) is 5.87. The van der Waals surface area contributed by atoms with E-state index in [0.717, 1.165) is 32.1 Å². The monoisotopic (exact) mass is 432 g/mol. The SMILES string of the molecule is CCC1(CC)c2cc(C(N)=O)ccc2C[C@@H](OC)[C@H]1NCC[C@@H](CC(C)C)C(=O)OC. The number of nitrogens with one attached hydrogen (secondary N) is 1. The van der Waals surface area contributed by atoms with Crippen LogP contribution in [0.25, 0.3) is 0 Å². The molecule has 6 heteroatoms. The van der Waals surface area contributed by atoms with Gasteiger partial charge in [0.05, 0.1) is 19.1 Å². The molecule has 0 saturated heterocycles. The molecule has 1 aliphatic rings. The largest absolute Gasteiger partial charge is 0.469 e. The van der Waals surface area contributed by atoms with E-state index < -0.39 is 5.91 Å². The first-order valence-corrected chi connectivity index (χ1v) is 11.5. The second-order valence-corrected chi connectivity index (χ2v) is 9.15. The van der Waals surface area contributed by atoms with Gasteiger partial charge in [-0.25, -0.2) is 0 Å². The fourth-order valence-electron chi connectivity index (χ4n) is 5.33. The molecule has 3 N–H and O–H groups in total. The van der Waals surface area contributed by atoms with Crippen LogP contribution >= 0.6 is 0 Å². The standard InChI is InChI=1S/C25H40N2O4/c1-7-25(8-2)20-14-18(23(26)28)10-9-17(20)15-21(30-5)22(25)27-12-11-19(13-16(3)4)24(29)31-6/h9-10,14,16,19,21-22,27H,7-8,11-13,15H2,1-6H3,(H2,26,28)/t19-,21+,22+/m0/s1. The highest BCUT2D eigenvalue weighted by Gasteiger charge is 2.46. The lowest BCUT2D eigenvalue weighted by Gasteiger charge is -2.49. The number of primary amides is 1. The zero-order valence-corrected chi connectivity index (χ0v) is 20.0. The van der Waals surface area contributed by atoms with E-state index in [2.05, 4.69) is 33.0 Å². The molecule has 2 rings (SSSR count). The molecule has 31 heavy (non-hydrogen) atoms. The van der Waals surface area contributed by atoms with Crippen LogP contribution in [0.2, 0.25) is 0 Å². The van der Waals surface area contributed by atoms with Crippen LogP contribution in [-0.4, -0.2) is 44.8 Å². The van der Waals surface area contributed by atoms with E-state index in [1.165, 1.54) is 18.2 Å². The predicted molar refractivity (Wildman–Crippen MR) is 123 cm³/mol. The first kappa shape index (κ1) is 25.3. The van der Waals surface area contributed by atoms with Gasteiger partial charge in [-0.15, -0.1) is 0 Å². The lowest BCUT2D eigenvalue weighted by molar-refractivity contribution is -0.146. The van der Waals surface area contributed by atoms with E-state index in [4.69, 9.17) is 15.2 Å². The summed E-state index contributed by atoms with van der Waals surface area (Å²) in [6.45, 7) is 9.32. The molecular formula is C25H40N2O4. The molecule has 6 nitrogen and oxygen atoms in total. The molecule has 0 bridgehead atoms. The van der Waals surface area contributed by atoms with Gasteiger partial charge in [-0.05, 0) is 61.4 Å². The Labute approximate surface area is 187 Å². The molecule has 3 atom stereocenters. The number of carbonyl (C=O) groups excluding carboxylic acids is 2. The van der Waals surface area contributed by atoms with Gasteiger partial charge >= 0.3 is 5.97 Å². The second kappa shape index (κ2) is 11.1. The highest BCUT2D eigenvalue weighted by molar-refractivity contribution is 5.93. The Morgan fingerprint density at radius 2 is 1.90 bits per heavy atom. The molecule has 174 valence electrons. The minimum absolute atomic E-state index is 0.00787. The molecule has 0 fully saturated rings. The molecule has 0 unspecified atom stereocenters. The summed E-state index contributed by atoms with van der Waals surface area (Å²) in [4.78, 5) is 24.1. The Hall–Kier alpha value is -1.92. The lowest BCUT2D eigenvalue weighted by Crippen LogP contribution is -2.59. The van der Waals surface area contributed by atoms with Crippen LogP contribution < -0.4 is 11.1 Å². The van der Waals surface area contributed by atoms with Crippen molar-refractivity contribution in [2.24, 2.45) is 17.6 Å². The van der Waals surface area contributed by atoms with Crippen molar-refractivity contribution in [1.82, 2.24) is 5.32 Å². The number of nitrogens with two attached hydrogens (primary N) is 1. The van der Waals surface area contributed by atoms with Crippen molar-refractivity contribution < 1.29 is 19.1 Å². The molecule has 1 amide bonds. The van der Waals surface area contributed by atoms with E-state index in [1.54, 1.807) is 7.11 Å². The molecule has 0 spiro atoms. The van der Waals surface area contributed by atoms with Crippen LogP contribution in [-0.2, 0) is 26.1 Å². The zero-order chi connectivity index (χ0) is 23.2. The number of methoxy groups -OCH3 is 2. The van der Waals surface area contributed by atoms with Crippen LogP contribution in [0.1, 0.15) is 74.9 Å². The Bertz CT molecular complexity index is 758. The van der Waals surface area contributed by atoms with Gasteiger partial charge in [-0.3, -0.25) is 9.59 Å². The zero-order valence-electron chi connectivity index (χ0n) is 20.0. The summed E-state index contributed by atoms with van der Waals surface area (Å²) in [5.74, 6) is -0.239. The molecule has 0 heterocycles. The predicted octanol–water partition coefficient (Wildman–Crippen LogP) is 3.60. The number of hydrogen-bond acceptors (Lipinski definition) is 5. The smallest absolute Gasteiger partial charge is 0.308 e. The lowest BCUT2D eigenvalue weighted by atomic mass is 9.62. The number of hydrogen-bond donors (Lipinski definition) is 2. The maximum atomic E-state index is 12.2. The van der Waals surface area contributed by atoms with Gasteiger partial charge in [0, 0.05) is 30.6 Å². The summed E-state index contributed by atoms with van der Waals surface area (Å²) >= 11 is 0. The van der Waals surface area contributed by atoms with Crippen molar-refractivity contribution in [3.8, 4) is 0 Å². The van der Waals surface area contributed by atoms with E-state index in [0.29, 0.717) is 18.0 Å². The van der Waals surface area contributed by atoms with Crippen LogP contribution in [0.3, 0.4) is 0 Å². The average Bonchev–Trinajstić information content (AvgIpc) is 2.76. The summed E-state index contributed by atoms with van der Waals surface area (Å²) in [7, 11) is 3.21. The van der Waals surface area contributed by atoms with Crippen molar-refractivity contribution in [3.05, 3.63) is 34.9 Å². The molecular weight excluding hydrogens is 392 g/mol. The Morgan fingerprint density at radius 3 is 2.42 bits per heavy atom. The van der Waals surface area contributed by atoms with E-state index in [-0.39, 0.29) is 29.4 Å². The third-order valence-corrected chi connectivity index (χ3v) is 7.03. The summed E-state index contributed by atoms with van der Waals surface area (Å²) in [5.41, 5.74) is 8.34. The van der Waals surface area contributed by atoms with Gasteiger partial charge in [0.25, 0.3) is 0 Å². The van der Waals surface area contributed by atoms with Gasteiger partial charge < -0.3 is 20.5 Å². The minimum atomic E-state index is -0.406. The van der Waals surface area contributed by atoms with Crippen LogP contribution in [0.5, 0.6) is 0 Å². The van der Waals surface area contributed by atoms with Crippen molar-refractivity contribution in [1.29, 1.82) is 0 Å². The van der Waals surface area contributed by atoms with Crippen LogP contribution in [0.4, 0.5) is 0 Å². The number of carbonyl (C=O) groups is 2. The molecule has 1 aromatic carbocycles. The number of ether oxygens (including phenoxy) is 2. The Morgan fingerprint density at radius 1 is 1.23 bits per heavy atom. The Balaban J connectivity index is 2.32. The third-order valence-electron chi connectivity index (χ3n) is 7.03. The maximum absolute atomic E-state index is 12.2. The summed E-state index contributed by atoms with van der Waals surface area (Å²) in [5, 5.41) is 3.74. The van der Waals surface area contributed by atoms with Crippen molar-refractivity contribution in [2.75, 3.05) is 20.8 Å². The van der Waals surface area contributed by atoms with Crippen LogP contribution in [0.15, 0.2) is 18.2 Å². The fraction of sp³-hybridized carbons (Fsp3) is 0.680. The first-order chi connectivity index (χ1) is 14.7. The van der Waals surface area contributed by atoms with Gasteiger partial charge in [-0.2, -0.15) is 0 Å². The highest BCUT2D eigenvalue weighted by atomic mass is 16.5. The number of amides is 1. The quantitative estimate of drug-likeness (QED) is 0.522. The molecule has 0 aliphatic heterocycles. The van der Waals surface area contributed by atoms with E-state index in [1.807, 2.05) is 18.2 Å². The number of esters is 1. The maximum Gasteiger partial charge on any atom is 0.308 e. The number of benzene rings is 1. The highest BCUT2D eigenvalue weighted by Crippen LogP contribution is 2.44. The molecule has 1 aliphatic carbocycles. The van der Waals surface area contributed by atoms with E-state index >= 15 is 0 Å². The van der Waals surface area contributed by atoms with Gasteiger partial charge in [-0.1, -0.05) is 33.8 Å². The minimum Gasteiger partial charge on any atom is -0.469 e. The fourth-order valence-corrected chi connectivity index (χ4v) is 5.33. The van der Waals surface area contributed by atoms with Gasteiger partial charge in [0.1, 0.15) is 0 Å². The number of fused-ring (bicyclic) bond motifs is 1. The van der Waals surface area contributed by atoms with Crippen molar-refractivity contribution in [2.45, 2.75) is 77.4 Å². The van der Waals surface area contributed by atoms with Crippen LogP contribution in [0, 0.1) is 11.8 Å². The van der Waals surface area contributed by atoms with Crippen molar-refractivity contribution in [3.63, 3.8) is 0 Å². The third kappa shape index (κ3) is 5.47.